The first-order valence-electron chi connectivity index (χ1n) is 10.9. The van der Waals surface area contributed by atoms with E-state index in [9.17, 15) is 9.59 Å². The van der Waals surface area contributed by atoms with Crippen LogP contribution in [0.15, 0.2) is 78.5 Å². The molecular weight excluding hydrogens is 430 g/mol. The zero-order valence-corrected chi connectivity index (χ0v) is 18.9. The van der Waals surface area contributed by atoms with Crippen LogP contribution in [0.5, 0.6) is 11.5 Å². The second-order valence-electron chi connectivity index (χ2n) is 7.40. The third kappa shape index (κ3) is 4.48. The Morgan fingerprint density at radius 2 is 1.53 bits per heavy atom. The van der Waals surface area contributed by atoms with Gasteiger partial charge in [-0.25, -0.2) is 4.90 Å². The molecule has 0 saturated carbocycles. The van der Waals surface area contributed by atoms with Gasteiger partial charge in [0.15, 0.2) is 0 Å². The average Bonchev–Trinajstić information content (AvgIpc) is 3.09. The molecule has 1 heterocycles. The van der Waals surface area contributed by atoms with Crippen molar-refractivity contribution >= 4 is 28.8 Å². The number of hydrogen-bond acceptors (Lipinski definition) is 6. The molecule has 2 amide bonds. The van der Waals surface area contributed by atoms with E-state index in [-0.39, 0.29) is 11.3 Å². The molecular formula is C27H23N3O4. The number of benzene rings is 3. The minimum absolute atomic E-state index is 0.159. The maximum absolute atomic E-state index is 13.5. The van der Waals surface area contributed by atoms with Crippen LogP contribution in [0.4, 0.5) is 11.4 Å². The first-order chi connectivity index (χ1) is 16.5. The predicted molar refractivity (Wildman–Crippen MR) is 129 cm³/mol. The Morgan fingerprint density at radius 3 is 2.18 bits per heavy atom. The number of anilines is 2. The smallest absolute Gasteiger partial charge is 0.282 e. The van der Waals surface area contributed by atoms with Crippen LogP contribution in [0.3, 0.4) is 0 Å². The first kappa shape index (κ1) is 22.6. The standard InChI is InChI=1S/C27H23N3O4/c1-3-33-22-14-10-19(11-15-22)24-25(29-20-6-5-7-23(16-20)34-4-2)27(32)30(26(24)31)21-12-8-18(17-28)9-13-21/h5-16,29H,3-4H2,1-2H3. The summed E-state index contributed by atoms with van der Waals surface area (Å²) in [5.74, 6) is 0.380. The monoisotopic (exact) mass is 453 g/mol. The SMILES string of the molecule is CCOc1ccc(C2=C(Nc3cccc(OCC)c3)C(=O)N(c3ccc(C#N)cc3)C2=O)cc1. The van der Waals surface area contributed by atoms with Gasteiger partial charge in [-0.3, -0.25) is 9.59 Å². The molecule has 3 aromatic carbocycles. The van der Waals surface area contributed by atoms with E-state index in [1.807, 2.05) is 32.0 Å². The van der Waals surface area contributed by atoms with Crippen molar-refractivity contribution in [3.63, 3.8) is 0 Å². The van der Waals surface area contributed by atoms with Gasteiger partial charge in [-0.2, -0.15) is 5.26 Å². The van der Waals surface area contributed by atoms with Crippen molar-refractivity contribution in [1.29, 1.82) is 5.26 Å². The minimum atomic E-state index is -0.486. The highest BCUT2D eigenvalue weighted by molar-refractivity contribution is 6.46. The number of rotatable bonds is 8. The minimum Gasteiger partial charge on any atom is -0.494 e. The van der Waals surface area contributed by atoms with E-state index in [0.29, 0.717) is 47.2 Å². The molecule has 0 radical (unpaired) electrons. The quantitative estimate of drug-likeness (QED) is 0.495. The molecule has 3 aromatic rings. The summed E-state index contributed by atoms with van der Waals surface area (Å²) in [6.07, 6.45) is 0. The van der Waals surface area contributed by atoms with E-state index in [2.05, 4.69) is 5.32 Å². The number of nitriles is 1. The van der Waals surface area contributed by atoms with Crippen LogP contribution in [0.25, 0.3) is 5.57 Å². The Hall–Kier alpha value is -4.57. The maximum atomic E-state index is 13.5. The molecule has 0 atom stereocenters. The van der Waals surface area contributed by atoms with E-state index < -0.39 is 11.8 Å². The Labute approximate surface area is 197 Å². The van der Waals surface area contributed by atoms with Gasteiger partial charge >= 0.3 is 0 Å². The van der Waals surface area contributed by atoms with Crippen molar-refractivity contribution in [2.24, 2.45) is 0 Å². The van der Waals surface area contributed by atoms with Crippen molar-refractivity contribution in [1.82, 2.24) is 0 Å². The van der Waals surface area contributed by atoms with Crippen LogP contribution < -0.4 is 19.7 Å². The molecule has 0 fully saturated rings. The molecule has 7 nitrogen and oxygen atoms in total. The second-order valence-corrected chi connectivity index (χ2v) is 7.40. The first-order valence-corrected chi connectivity index (χ1v) is 10.9. The van der Waals surface area contributed by atoms with E-state index in [4.69, 9.17) is 14.7 Å². The second kappa shape index (κ2) is 9.92. The molecule has 34 heavy (non-hydrogen) atoms. The van der Waals surface area contributed by atoms with Gasteiger partial charge in [-0.05, 0) is 67.9 Å². The molecule has 0 aromatic heterocycles. The summed E-state index contributed by atoms with van der Waals surface area (Å²) in [7, 11) is 0. The number of carbonyl (C=O) groups is 2. The third-order valence-electron chi connectivity index (χ3n) is 5.21. The highest BCUT2D eigenvalue weighted by Gasteiger charge is 2.40. The molecule has 0 spiro atoms. The number of amides is 2. The van der Waals surface area contributed by atoms with Crippen LogP contribution >= 0.6 is 0 Å². The lowest BCUT2D eigenvalue weighted by Gasteiger charge is -2.15. The normalized spacial score (nSPS) is 13.1. The van der Waals surface area contributed by atoms with Gasteiger partial charge in [0, 0.05) is 11.8 Å². The van der Waals surface area contributed by atoms with E-state index in [1.165, 1.54) is 0 Å². The summed E-state index contributed by atoms with van der Waals surface area (Å²) in [4.78, 5) is 28.2. The van der Waals surface area contributed by atoms with Crippen LogP contribution in [-0.4, -0.2) is 25.0 Å². The van der Waals surface area contributed by atoms with Crippen LogP contribution in [0, 0.1) is 11.3 Å². The van der Waals surface area contributed by atoms with Crippen molar-refractivity contribution < 1.29 is 19.1 Å². The highest BCUT2D eigenvalue weighted by atomic mass is 16.5. The van der Waals surface area contributed by atoms with Gasteiger partial charge in [0.05, 0.1) is 36.1 Å². The van der Waals surface area contributed by atoms with Crippen molar-refractivity contribution in [2.45, 2.75) is 13.8 Å². The number of nitrogens with zero attached hydrogens (tertiary/aromatic N) is 2. The molecule has 7 heteroatoms. The van der Waals surface area contributed by atoms with Crippen LogP contribution in [0.2, 0.25) is 0 Å². The molecule has 0 bridgehead atoms. The van der Waals surface area contributed by atoms with E-state index in [1.54, 1.807) is 60.7 Å². The number of nitrogens with one attached hydrogen (secondary N) is 1. The summed E-state index contributed by atoms with van der Waals surface area (Å²) in [5, 5.41) is 12.2. The molecule has 1 N–H and O–H groups in total. The number of carbonyl (C=O) groups excluding carboxylic acids is 2. The zero-order chi connectivity index (χ0) is 24.1. The van der Waals surface area contributed by atoms with Gasteiger partial charge < -0.3 is 14.8 Å². The molecule has 0 aliphatic carbocycles. The van der Waals surface area contributed by atoms with Crippen molar-refractivity contribution in [3.8, 4) is 17.6 Å². The average molecular weight is 453 g/mol. The Bertz CT molecular complexity index is 1290. The van der Waals surface area contributed by atoms with Crippen molar-refractivity contribution in [2.75, 3.05) is 23.4 Å². The summed E-state index contributed by atoms with van der Waals surface area (Å²) >= 11 is 0. The zero-order valence-electron chi connectivity index (χ0n) is 18.9. The molecule has 170 valence electrons. The Kier molecular flexibility index (Phi) is 6.60. The third-order valence-corrected chi connectivity index (χ3v) is 5.21. The van der Waals surface area contributed by atoms with Gasteiger partial charge in [0.25, 0.3) is 11.8 Å². The summed E-state index contributed by atoms with van der Waals surface area (Å²) in [6, 6.07) is 22.6. The fraction of sp³-hybridized carbons (Fsp3) is 0.148. The van der Waals surface area contributed by atoms with Gasteiger partial charge in [-0.1, -0.05) is 18.2 Å². The Balaban J connectivity index is 1.76. The van der Waals surface area contributed by atoms with Gasteiger partial charge in [-0.15, -0.1) is 0 Å². The van der Waals surface area contributed by atoms with Gasteiger partial charge in [0.1, 0.15) is 17.2 Å². The summed E-state index contributed by atoms with van der Waals surface area (Å²) in [5.41, 5.74) is 2.44. The van der Waals surface area contributed by atoms with Crippen molar-refractivity contribution in [3.05, 3.63) is 89.6 Å². The maximum Gasteiger partial charge on any atom is 0.282 e. The number of hydrogen-bond donors (Lipinski definition) is 1. The molecule has 4 rings (SSSR count). The highest BCUT2D eigenvalue weighted by Crippen LogP contribution is 2.35. The molecule has 1 aliphatic heterocycles. The van der Waals surface area contributed by atoms with Crippen LogP contribution in [-0.2, 0) is 9.59 Å². The summed E-state index contributed by atoms with van der Waals surface area (Å²) in [6.45, 7) is 4.81. The fourth-order valence-electron chi connectivity index (χ4n) is 3.69. The lowest BCUT2D eigenvalue weighted by Crippen LogP contribution is -2.32. The van der Waals surface area contributed by atoms with Gasteiger partial charge in [0.2, 0.25) is 0 Å². The fourth-order valence-corrected chi connectivity index (χ4v) is 3.69. The molecule has 1 aliphatic rings. The topological polar surface area (TPSA) is 91.7 Å². The lowest BCUT2D eigenvalue weighted by atomic mass is 10.0. The van der Waals surface area contributed by atoms with E-state index >= 15 is 0 Å². The predicted octanol–water partition coefficient (Wildman–Crippen LogP) is 4.75. The Morgan fingerprint density at radius 1 is 0.853 bits per heavy atom. The summed E-state index contributed by atoms with van der Waals surface area (Å²) < 4.78 is 11.1. The molecule has 0 unspecified atom stereocenters. The largest absolute Gasteiger partial charge is 0.494 e. The number of imide groups is 1. The molecule has 0 saturated heterocycles. The lowest BCUT2D eigenvalue weighted by molar-refractivity contribution is -0.120. The van der Waals surface area contributed by atoms with E-state index in [0.717, 1.165) is 4.90 Å². The number of ether oxygens (including phenoxy) is 2. The van der Waals surface area contributed by atoms with Crippen LogP contribution in [0.1, 0.15) is 25.0 Å².